The van der Waals surface area contributed by atoms with Gasteiger partial charge in [-0.15, -0.1) is 11.3 Å². The third-order valence-electron chi connectivity index (χ3n) is 1.88. The average Bonchev–Trinajstić information content (AvgIpc) is 2.76. The highest BCUT2D eigenvalue weighted by atomic mass is 32.1. The SMILES string of the molecule is OCC(c1ccsc1)c1nccs1. The van der Waals surface area contributed by atoms with Crippen LogP contribution in [0.5, 0.6) is 0 Å². The molecule has 2 nitrogen and oxygen atoms in total. The van der Waals surface area contributed by atoms with Crippen molar-refractivity contribution < 1.29 is 5.11 Å². The molecule has 68 valence electrons. The van der Waals surface area contributed by atoms with Crippen LogP contribution in [0.2, 0.25) is 0 Å². The molecule has 2 rings (SSSR count). The maximum atomic E-state index is 9.24. The number of aliphatic hydroxyl groups excluding tert-OH is 1. The molecule has 13 heavy (non-hydrogen) atoms. The van der Waals surface area contributed by atoms with Crippen LogP contribution in [-0.4, -0.2) is 16.7 Å². The maximum absolute atomic E-state index is 9.24. The first kappa shape index (κ1) is 8.87. The first-order valence-corrected chi connectivity index (χ1v) is 5.76. The van der Waals surface area contributed by atoms with E-state index in [9.17, 15) is 5.11 Å². The molecule has 1 atom stereocenters. The monoisotopic (exact) mass is 211 g/mol. The van der Waals surface area contributed by atoms with Gasteiger partial charge in [0.1, 0.15) is 5.01 Å². The smallest absolute Gasteiger partial charge is 0.102 e. The highest BCUT2D eigenvalue weighted by Gasteiger charge is 2.15. The van der Waals surface area contributed by atoms with Crippen molar-refractivity contribution in [2.75, 3.05) is 6.61 Å². The van der Waals surface area contributed by atoms with Crippen LogP contribution in [0.3, 0.4) is 0 Å². The largest absolute Gasteiger partial charge is 0.395 e. The number of hydrogen-bond donors (Lipinski definition) is 1. The normalized spacial score (nSPS) is 13.0. The van der Waals surface area contributed by atoms with Gasteiger partial charge in [0.25, 0.3) is 0 Å². The summed E-state index contributed by atoms with van der Waals surface area (Å²) in [7, 11) is 0. The van der Waals surface area contributed by atoms with E-state index in [1.807, 2.05) is 16.8 Å². The van der Waals surface area contributed by atoms with Crippen molar-refractivity contribution >= 4 is 22.7 Å². The fourth-order valence-electron chi connectivity index (χ4n) is 1.21. The van der Waals surface area contributed by atoms with Crippen molar-refractivity contribution in [2.24, 2.45) is 0 Å². The quantitative estimate of drug-likeness (QED) is 0.845. The average molecular weight is 211 g/mol. The minimum atomic E-state index is 0.0613. The Balaban J connectivity index is 2.29. The zero-order valence-corrected chi connectivity index (χ0v) is 8.52. The Morgan fingerprint density at radius 1 is 1.46 bits per heavy atom. The van der Waals surface area contributed by atoms with Gasteiger partial charge >= 0.3 is 0 Å². The second-order valence-electron chi connectivity index (χ2n) is 2.66. The second kappa shape index (κ2) is 4.00. The summed E-state index contributed by atoms with van der Waals surface area (Å²) in [5, 5.41) is 16.2. The lowest BCUT2D eigenvalue weighted by Crippen LogP contribution is -2.03. The standard InChI is InChI=1S/C9H9NOS2/c11-5-8(7-1-3-12-6-7)9-10-2-4-13-9/h1-4,6,8,11H,5H2. The van der Waals surface area contributed by atoms with Crippen LogP contribution in [0.1, 0.15) is 16.5 Å². The van der Waals surface area contributed by atoms with Gasteiger partial charge in [-0.2, -0.15) is 11.3 Å². The van der Waals surface area contributed by atoms with Gasteiger partial charge in [0.05, 0.1) is 12.5 Å². The first-order valence-electron chi connectivity index (χ1n) is 3.94. The van der Waals surface area contributed by atoms with Crippen LogP contribution in [0, 0.1) is 0 Å². The summed E-state index contributed by atoms with van der Waals surface area (Å²) in [5.74, 6) is 0.0613. The number of aromatic nitrogens is 1. The van der Waals surface area contributed by atoms with Crippen molar-refractivity contribution in [3.8, 4) is 0 Å². The molecule has 1 N–H and O–H groups in total. The molecule has 4 heteroatoms. The molecule has 0 aliphatic carbocycles. The third-order valence-corrected chi connectivity index (χ3v) is 3.47. The topological polar surface area (TPSA) is 33.1 Å². The first-order chi connectivity index (χ1) is 6.42. The summed E-state index contributed by atoms with van der Waals surface area (Å²) in [6, 6.07) is 2.03. The summed E-state index contributed by atoms with van der Waals surface area (Å²) in [5.41, 5.74) is 1.16. The van der Waals surface area contributed by atoms with Gasteiger partial charge in [0.15, 0.2) is 0 Å². The Morgan fingerprint density at radius 2 is 2.38 bits per heavy atom. The minimum Gasteiger partial charge on any atom is -0.395 e. The van der Waals surface area contributed by atoms with Crippen LogP contribution in [0.15, 0.2) is 28.4 Å². The minimum absolute atomic E-state index is 0.0613. The van der Waals surface area contributed by atoms with E-state index in [1.165, 1.54) is 0 Å². The molecule has 0 bridgehead atoms. The highest BCUT2D eigenvalue weighted by molar-refractivity contribution is 7.09. The van der Waals surface area contributed by atoms with E-state index >= 15 is 0 Å². The Labute approximate surface area is 84.5 Å². The van der Waals surface area contributed by atoms with E-state index < -0.39 is 0 Å². The molecule has 0 aromatic carbocycles. The van der Waals surface area contributed by atoms with Crippen LogP contribution in [0.25, 0.3) is 0 Å². The summed E-state index contributed by atoms with van der Waals surface area (Å²) in [6.45, 7) is 0.129. The number of hydrogen-bond acceptors (Lipinski definition) is 4. The van der Waals surface area contributed by atoms with E-state index in [0.717, 1.165) is 10.6 Å². The van der Waals surface area contributed by atoms with E-state index in [0.29, 0.717) is 0 Å². The third kappa shape index (κ3) is 1.80. The molecule has 0 radical (unpaired) electrons. The Bertz CT molecular complexity index is 307. The summed E-state index contributed by atoms with van der Waals surface area (Å²) in [6.07, 6.45) is 1.77. The Kier molecular flexibility index (Phi) is 2.73. The van der Waals surface area contributed by atoms with Crippen LogP contribution in [-0.2, 0) is 0 Å². The molecule has 0 saturated heterocycles. The molecule has 0 spiro atoms. The van der Waals surface area contributed by atoms with Gasteiger partial charge in [0, 0.05) is 11.6 Å². The summed E-state index contributed by atoms with van der Waals surface area (Å²) >= 11 is 3.23. The maximum Gasteiger partial charge on any atom is 0.102 e. The predicted molar refractivity (Wildman–Crippen MR) is 55.4 cm³/mol. The van der Waals surface area contributed by atoms with Crippen molar-refractivity contribution in [1.29, 1.82) is 0 Å². The number of nitrogens with zero attached hydrogens (tertiary/aromatic N) is 1. The molecule has 0 aliphatic heterocycles. The predicted octanol–water partition coefficient (Wildman–Crippen LogP) is 2.33. The van der Waals surface area contributed by atoms with Crippen LogP contribution in [0.4, 0.5) is 0 Å². The molecule has 0 amide bonds. The molecule has 1 unspecified atom stereocenters. The number of aliphatic hydroxyl groups is 1. The molecule has 2 heterocycles. The highest BCUT2D eigenvalue weighted by Crippen LogP contribution is 2.27. The molecule has 2 aromatic heterocycles. The van der Waals surface area contributed by atoms with E-state index in [4.69, 9.17) is 0 Å². The van der Waals surface area contributed by atoms with Crippen molar-refractivity contribution in [2.45, 2.75) is 5.92 Å². The van der Waals surface area contributed by atoms with Gasteiger partial charge in [-0.25, -0.2) is 4.98 Å². The fraction of sp³-hybridized carbons (Fsp3) is 0.222. The molecule has 0 fully saturated rings. The van der Waals surface area contributed by atoms with Gasteiger partial charge in [-0.05, 0) is 22.4 Å². The number of thiophene rings is 1. The van der Waals surface area contributed by atoms with E-state index in [1.54, 1.807) is 28.9 Å². The van der Waals surface area contributed by atoms with Crippen LogP contribution >= 0.6 is 22.7 Å². The van der Waals surface area contributed by atoms with Gasteiger partial charge < -0.3 is 5.11 Å². The number of thiazole rings is 1. The van der Waals surface area contributed by atoms with E-state index in [-0.39, 0.29) is 12.5 Å². The van der Waals surface area contributed by atoms with Gasteiger partial charge in [-0.3, -0.25) is 0 Å². The lowest BCUT2D eigenvalue weighted by atomic mass is 10.1. The number of rotatable bonds is 3. The van der Waals surface area contributed by atoms with Crippen molar-refractivity contribution in [3.63, 3.8) is 0 Å². The zero-order valence-electron chi connectivity index (χ0n) is 6.88. The van der Waals surface area contributed by atoms with Crippen LogP contribution < -0.4 is 0 Å². The lowest BCUT2D eigenvalue weighted by molar-refractivity contribution is 0.280. The van der Waals surface area contributed by atoms with Gasteiger partial charge in [0.2, 0.25) is 0 Å². The Morgan fingerprint density at radius 3 is 2.92 bits per heavy atom. The Hall–Kier alpha value is -0.710. The summed E-state index contributed by atoms with van der Waals surface area (Å²) in [4.78, 5) is 4.21. The van der Waals surface area contributed by atoms with Crippen molar-refractivity contribution in [3.05, 3.63) is 39.0 Å². The molecule has 2 aromatic rings. The molecular weight excluding hydrogens is 202 g/mol. The second-order valence-corrected chi connectivity index (χ2v) is 4.37. The van der Waals surface area contributed by atoms with Gasteiger partial charge in [-0.1, -0.05) is 0 Å². The summed E-state index contributed by atoms with van der Waals surface area (Å²) < 4.78 is 0. The van der Waals surface area contributed by atoms with Crippen molar-refractivity contribution in [1.82, 2.24) is 4.98 Å². The van der Waals surface area contributed by atoms with E-state index in [2.05, 4.69) is 10.4 Å². The lowest BCUT2D eigenvalue weighted by Gasteiger charge is -2.08. The molecule has 0 aliphatic rings. The zero-order chi connectivity index (χ0) is 9.10. The molecular formula is C9H9NOS2. The molecule has 0 saturated carbocycles. The fourth-order valence-corrected chi connectivity index (χ4v) is 2.68.